The number of likely N-dealkylation sites (tertiary alicyclic amines) is 1. The molecule has 6 nitrogen and oxygen atoms in total. The van der Waals surface area contributed by atoms with E-state index < -0.39 is 11.8 Å². The van der Waals surface area contributed by atoms with Crippen LogP contribution in [0, 0.1) is 5.92 Å². The third-order valence-electron chi connectivity index (χ3n) is 4.04. The lowest BCUT2D eigenvalue weighted by Crippen LogP contribution is -2.44. The highest BCUT2D eigenvalue weighted by Crippen LogP contribution is 2.19. The molecule has 0 aromatic carbocycles. The molecule has 2 amide bonds. The number of nitrogens with zero attached hydrogens (tertiary/aromatic N) is 1. The molecule has 1 aromatic rings. The molecule has 1 aliphatic heterocycles. The lowest BCUT2D eigenvalue weighted by molar-refractivity contribution is -0.139. The van der Waals surface area contributed by atoms with Gasteiger partial charge in [0.1, 0.15) is 0 Å². The van der Waals surface area contributed by atoms with E-state index in [9.17, 15) is 9.59 Å². The number of methoxy groups -OCH3 is 1. The van der Waals surface area contributed by atoms with E-state index in [0.717, 1.165) is 32.5 Å². The third-order valence-corrected chi connectivity index (χ3v) is 4.77. The van der Waals surface area contributed by atoms with Crippen LogP contribution in [0.5, 0.6) is 0 Å². The fraction of sp³-hybridized carbons (Fsp3) is 0.625. The van der Waals surface area contributed by atoms with E-state index in [1.54, 1.807) is 18.4 Å². The zero-order valence-corrected chi connectivity index (χ0v) is 14.4. The van der Waals surface area contributed by atoms with E-state index >= 15 is 0 Å². The van der Waals surface area contributed by atoms with Crippen molar-refractivity contribution in [3.8, 4) is 0 Å². The molecule has 0 unspecified atom stereocenters. The first-order chi connectivity index (χ1) is 11.2. The first kappa shape index (κ1) is 17.9. The minimum absolute atomic E-state index is 0.351. The second-order valence-corrected chi connectivity index (χ2v) is 6.59. The van der Waals surface area contributed by atoms with Gasteiger partial charge in [-0.2, -0.15) is 11.3 Å². The molecule has 1 saturated heterocycles. The van der Waals surface area contributed by atoms with Gasteiger partial charge in [-0.3, -0.25) is 14.5 Å². The molecule has 2 rings (SSSR count). The molecule has 1 aliphatic rings. The Morgan fingerprint density at radius 3 is 2.70 bits per heavy atom. The van der Waals surface area contributed by atoms with Crippen LogP contribution in [0.4, 0.5) is 0 Å². The maximum atomic E-state index is 11.7. The summed E-state index contributed by atoms with van der Waals surface area (Å²) in [5.41, 5.74) is 1.37. The van der Waals surface area contributed by atoms with Gasteiger partial charge in [0, 0.05) is 26.7 Å². The van der Waals surface area contributed by atoms with Crippen molar-refractivity contribution in [1.82, 2.24) is 15.5 Å². The summed E-state index contributed by atoms with van der Waals surface area (Å²) >= 11 is 1.73. The Balaban J connectivity index is 1.60. The fourth-order valence-electron chi connectivity index (χ4n) is 2.65. The van der Waals surface area contributed by atoms with Crippen molar-refractivity contribution >= 4 is 23.2 Å². The van der Waals surface area contributed by atoms with E-state index in [1.807, 2.05) is 0 Å². The maximum Gasteiger partial charge on any atom is 0.309 e. The van der Waals surface area contributed by atoms with Gasteiger partial charge in [-0.25, -0.2) is 0 Å². The fourth-order valence-corrected chi connectivity index (χ4v) is 3.31. The average molecular weight is 339 g/mol. The summed E-state index contributed by atoms with van der Waals surface area (Å²) in [6.07, 6.45) is 2.10. The lowest BCUT2D eigenvalue weighted by Gasteiger charge is -2.31. The monoisotopic (exact) mass is 339 g/mol. The summed E-state index contributed by atoms with van der Waals surface area (Å²) in [6, 6.07) is 2.17. The standard InChI is InChI=1S/C16H25N3O3S/c1-22-8-5-17-15(20)16(21)18-10-13-2-6-19(7-3-13)11-14-4-9-23-12-14/h4,9,12-13H,2-3,5-8,10-11H2,1H3,(H,17,20)(H,18,21). The second-order valence-electron chi connectivity index (χ2n) is 5.81. The van der Waals surface area contributed by atoms with Crippen LogP contribution in [-0.4, -0.2) is 56.6 Å². The molecule has 0 bridgehead atoms. The largest absolute Gasteiger partial charge is 0.383 e. The number of amides is 2. The molecular weight excluding hydrogens is 314 g/mol. The lowest BCUT2D eigenvalue weighted by atomic mass is 9.96. The van der Waals surface area contributed by atoms with Crippen LogP contribution in [0.2, 0.25) is 0 Å². The zero-order valence-electron chi connectivity index (χ0n) is 13.5. The van der Waals surface area contributed by atoms with Crippen LogP contribution in [-0.2, 0) is 20.9 Å². The minimum atomic E-state index is -0.586. The smallest absolute Gasteiger partial charge is 0.309 e. The first-order valence-corrected chi connectivity index (χ1v) is 8.91. The van der Waals surface area contributed by atoms with Gasteiger partial charge in [-0.1, -0.05) is 0 Å². The summed E-state index contributed by atoms with van der Waals surface area (Å²) in [4.78, 5) is 25.7. The predicted octanol–water partition coefficient (Wildman–Crippen LogP) is 0.839. The zero-order chi connectivity index (χ0) is 16.5. The Hall–Kier alpha value is -1.44. The number of nitrogens with one attached hydrogen (secondary N) is 2. The van der Waals surface area contributed by atoms with Crippen LogP contribution in [0.1, 0.15) is 18.4 Å². The topological polar surface area (TPSA) is 70.7 Å². The van der Waals surface area contributed by atoms with Crippen LogP contribution in [0.25, 0.3) is 0 Å². The first-order valence-electron chi connectivity index (χ1n) is 7.97. The SMILES string of the molecule is COCCNC(=O)C(=O)NCC1CCN(Cc2ccsc2)CC1. The maximum absolute atomic E-state index is 11.7. The van der Waals surface area contributed by atoms with E-state index in [1.165, 1.54) is 5.56 Å². The van der Waals surface area contributed by atoms with Crippen molar-refractivity contribution in [2.45, 2.75) is 19.4 Å². The van der Waals surface area contributed by atoms with Gasteiger partial charge in [0.15, 0.2) is 0 Å². The van der Waals surface area contributed by atoms with Crippen molar-refractivity contribution in [3.63, 3.8) is 0 Å². The molecule has 0 spiro atoms. The molecule has 2 N–H and O–H groups in total. The van der Waals surface area contributed by atoms with Gasteiger partial charge in [-0.05, 0) is 54.2 Å². The molecule has 0 radical (unpaired) electrons. The molecule has 7 heteroatoms. The van der Waals surface area contributed by atoms with E-state index in [2.05, 4.69) is 32.4 Å². The van der Waals surface area contributed by atoms with Crippen LogP contribution >= 0.6 is 11.3 Å². The number of carbonyl (C=O) groups is 2. The van der Waals surface area contributed by atoms with E-state index in [-0.39, 0.29) is 0 Å². The van der Waals surface area contributed by atoms with Gasteiger partial charge in [-0.15, -0.1) is 0 Å². The van der Waals surface area contributed by atoms with Crippen molar-refractivity contribution in [1.29, 1.82) is 0 Å². The Labute approximate surface area is 141 Å². The summed E-state index contributed by atoms with van der Waals surface area (Å²) in [6.45, 7) is 4.41. The molecule has 1 aromatic heterocycles. The molecule has 0 aliphatic carbocycles. The van der Waals surface area contributed by atoms with Gasteiger partial charge in [0.05, 0.1) is 6.61 Å². The van der Waals surface area contributed by atoms with Crippen LogP contribution in [0.15, 0.2) is 16.8 Å². The molecule has 1 fully saturated rings. The number of hydrogen-bond acceptors (Lipinski definition) is 5. The average Bonchev–Trinajstić information content (AvgIpc) is 3.07. The molecule has 128 valence electrons. The molecular formula is C16H25N3O3S. The highest BCUT2D eigenvalue weighted by atomic mass is 32.1. The second kappa shape index (κ2) is 9.64. The summed E-state index contributed by atoms with van der Waals surface area (Å²) in [5, 5.41) is 9.55. The number of piperidine rings is 1. The minimum Gasteiger partial charge on any atom is -0.383 e. The predicted molar refractivity (Wildman–Crippen MR) is 90.2 cm³/mol. The number of thiophene rings is 1. The molecule has 2 heterocycles. The van der Waals surface area contributed by atoms with E-state index in [4.69, 9.17) is 4.74 Å². The normalized spacial score (nSPS) is 16.2. The van der Waals surface area contributed by atoms with Crippen molar-refractivity contribution in [3.05, 3.63) is 22.4 Å². The van der Waals surface area contributed by atoms with Gasteiger partial charge >= 0.3 is 11.8 Å². The molecule has 23 heavy (non-hydrogen) atoms. The third kappa shape index (κ3) is 6.29. The van der Waals surface area contributed by atoms with Crippen molar-refractivity contribution in [2.75, 3.05) is 39.9 Å². The van der Waals surface area contributed by atoms with Crippen molar-refractivity contribution in [2.24, 2.45) is 5.92 Å². The molecule has 0 atom stereocenters. The quantitative estimate of drug-likeness (QED) is 0.570. The summed E-state index contributed by atoms with van der Waals surface area (Å²) in [7, 11) is 1.55. The van der Waals surface area contributed by atoms with Gasteiger partial charge in [0.2, 0.25) is 0 Å². The highest BCUT2D eigenvalue weighted by Gasteiger charge is 2.21. The summed E-state index contributed by atoms with van der Waals surface area (Å²) in [5.74, 6) is -0.691. The van der Waals surface area contributed by atoms with Gasteiger partial charge in [0.25, 0.3) is 0 Å². The molecule has 0 saturated carbocycles. The van der Waals surface area contributed by atoms with Crippen molar-refractivity contribution < 1.29 is 14.3 Å². The highest BCUT2D eigenvalue weighted by molar-refractivity contribution is 7.07. The Kier molecular flexibility index (Phi) is 7.51. The Bertz CT molecular complexity index is 485. The van der Waals surface area contributed by atoms with Crippen LogP contribution < -0.4 is 10.6 Å². The number of hydrogen-bond donors (Lipinski definition) is 2. The Morgan fingerprint density at radius 1 is 1.30 bits per heavy atom. The number of rotatable bonds is 7. The van der Waals surface area contributed by atoms with E-state index in [0.29, 0.717) is 25.6 Å². The number of ether oxygens (including phenoxy) is 1. The van der Waals surface area contributed by atoms with Crippen LogP contribution in [0.3, 0.4) is 0 Å². The summed E-state index contributed by atoms with van der Waals surface area (Å²) < 4.78 is 4.82. The Morgan fingerprint density at radius 2 is 2.04 bits per heavy atom. The van der Waals surface area contributed by atoms with Gasteiger partial charge < -0.3 is 15.4 Å². The number of carbonyl (C=O) groups excluding carboxylic acids is 2.